The standard InChI is InChI=1S/C13H20N2O3/c1-10-8-15-12(18-10)9-14-11-2-4-13(5-3-11)16-6-7-17-13/h8,11,14H,2-7,9H2,1H3. The third-order valence-electron chi connectivity index (χ3n) is 3.77. The molecule has 0 radical (unpaired) electrons. The van der Waals surface area contributed by atoms with Gasteiger partial charge in [0.1, 0.15) is 5.76 Å². The minimum atomic E-state index is -0.266. The summed E-state index contributed by atoms with van der Waals surface area (Å²) in [7, 11) is 0. The Morgan fingerprint density at radius 1 is 1.33 bits per heavy atom. The highest BCUT2D eigenvalue weighted by Crippen LogP contribution is 2.35. The molecular formula is C13H20N2O3. The fourth-order valence-corrected chi connectivity index (χ4v) is 2.76. The summed E-state index contributed by atoms with van der Waals surface area (Å²) < 4.78 is 16.9. The number of nitrogens with one attached hydrogen (secondary N) is 1. The first-order valence-electron chi connectivity index (χ1n) is 6.68. The SMILES string of the molecule is Cc1cnc(CNC2CCC3(CC2)OCCO3)o1. The molecule has 2 heterocycles. The number of hydrogen-bond acceptors (Lipinski definition) is 5. The second kappa shape index (κ2) is 4.99. The molecule has 1 spiro atoms. The Morgan fingerprint density at radius 3 is 2.67 bits per heavy atom. The number of nitrogens with zero attached hydrogens (tertiary/aromatic N) is 1. The second-order valence-corrected chi connectivity index (χ2v) is 5.13. The van der Waals surface area contributed by atoms with Crippen molar-refractivity contribution < 1.29 is 13.9 Å². The maximum Gasteiger partial charge on any atom is 0.208 e. The summed E-state index contributed by atoms with van der Waals surface area (Å²) in [5.74, 6) is 1.36. The van der Waals surface area contributed by atoms with Crippen LogP contribution in [0.5, 0.6) is 0 Å². The van der Waals surface area contributed by atoms with Crippen LogP contribution in [-0.4, -0.2) is 30.0 Å². The zero-order valence-electron chi connectivity index (χ0n) is 10.8. The van der Waals surface area contributed by atoms with Crippen LogP contribution in [0, 0.1) is 6.92 Å². The van der Waals surface area contributed by atoms with Crippen LogP contribution >= 0.6 is 0 Å². The van der Waals surface area contributed by atoms with Gasteiger partial charge in [-0.25, -0.2) is 4.98 Å². The molecule has 2 aliphatic rings. The number of rotatable bonds is 3. The Hall–Kier alpha value is -0.910. The van der Waals surface area contributed by atoms with E-state index in [4.69, 9.17) is 13.9 Å². The second-order valence-electron chi connectivity index (χ2n) is 5.13. The molecule has 100 valence electrons. The Kier molecular flexibility index (Phi) is 3.37. The van der Waals surface area contributed by atoms with Crippen LogP contribution in [0.1, 0.15) is 37.3 Å². The van der Waals surface area contributed by atoms with Crippen LogP contribution in [-0.2, 0) is 16.0 Å². The lowest BCUT2D eigenvalue weighted by molar-refractivity contribution is -0.179. The van der Waals surface area contributed by atoms with Gasteiger partial charge in [-0.2, -0.15) is 0 Å². The van der Waals surface area contributed by atoms with Gasteiger partial charge in [-0.05, 0) is 19.8 Å². The van der Waals surface area contributed by atoms with Gasteiger partial charge >= 0.3 is 0 Å². The van der Waals surface area contributed by atoms with Gasteiger partial charge in [0, 0.05) is 18.9 Å². The highest BCUT2D eigenvalue weighted by molar-refractivity contribution is 4.92. The molecule has 0 amide bonds. The number of aryl methyl sites for hydroxylation is 1. The molecule has 2 fully saturated rings. The number of oxazole rings is 1. The lowest BCUT2D eigenvalue weighted by atomic mass is 9.90. The van der Waals surface area contributed by atoms with Crippen molar-refractivity contribution in [2.24, 2.45) is 0 Å². The van der Waals surface area contributed by atoms with Crippen molar-refractivity contribution in [3.05, 3.63) is 17.8 Å². The van der Waals surface area contributed by atoms with Gasteiger partial charge in [0.25, 0.3) is 0 Å². The normalized spacial score (nSPS) is 23.8. The van der Waals surface area contributed by atoms with E-state index in [1.807, 2.05) is 6.92 Å². The molecule has 3 rings (SSSR count). The van der Waals surface area contributed by atoms with E-state index in [1.54, 1.807) is 6.20 Å². The monoisotopic (exact) mass is 252 g/mol. The molecule has 5 nitrogen and oxygen atoms in total. The third kappa shape index (κ3) is 2.58. The van der Waals surface area contributed by atoms with Crippen LogP contribution in [0.25, 0.3) is 0 Å². The fraction of sp³-hybridized carbons (Fsp3) is 0.769. The van der Waals surface area contributed by atoms with Gasteiger partial charge in [0.15, 0.2) is 5.79 Å². The first-order chi connectivity index (χ1) is 8.76. The van der Waals surface area contributed by atoms with E-state index in [2.05, 4.69) is 10.3 Å². The quantitative estimate of drug-likeness (QED) is 0.888. The van der Waals surface area contributed by atoms with Gasteiger partial charge < -0.3 is 19.2 Å². The average Bonchev–Trinajstić information content (AvgIpc) is 2.99. The van der Waals surface area contributed by atoms with Gasteiger partial charge in [0.2, 0.25) is 5.89 Å². The summed E-state index contributed by atoms with van der Waals surface area (Å²) in [6.45, 7) is 4.10. The van der Waals surface area contributed by atoms with Crippen molar-refractivity contribution in [1.82, 2.24) is 10.3 Å². The van der Waals surface area contributed by atoms with Crippen molar-refractivity contribution in [2.75, 3.05) is 13.2 Å². The van der Waals surface area contributed by atoms with E-state index in [-0.39, 0.29) is 5.79 Å². The Balaban J connectivity index is 1.45. The molecule has 0 atom stereocenters. The Labute approximate surface area is 107 Å². The van der Waals surface area contributed by atoms with Crippen LogP contribution in [0.4, 0.5) is 0 Å². The van der Waals surface area contributed by atoms with E-state index in [9.17, 15) is 0 Å². The maximum absolute atomic E-state index is 5.71. The molecule has 0 unspecified atom stereocenters. The van der Waals surface area contributed by atoms with E-state index >= 15 is 0 Å². The number of aromatic nitrogens is 1. The molecule has 1 aliphatic carbocycles. The summed E-state index contributed by atoms with van der Waals surface area (Å²) in [4.78, 5) is 4.19. The largest absolute Gasteiger partial charge is 0.445 e. The van der Waals surface area contributed by atoms with Gasteiger partial charge in [0.05, 0.1) is 26.0 Å². The molecule has 0 bridgehead atoms. The van der Waals surface area contributed by atoms with Crippen molar-refractivity contribution in [3.63, 3.8) is 0 Å². The summed E-state index contributed by atoms with van der Waals surface area (Å²) in [6, 6.07) is 0.510. The molecule has 1 saturated heterocycles. The first-order valence-corrected chi connectivity index (χ1v) is 6.68. The van der Waals surface area contributed by atoms with Crippen LogP contribution in [0.15, 0.2) is 10.6 Å². The predicted molar refractivity (Wildman–Crippen MR) is 65.0 cm³/mol. The Morgan fingerprint density at radius 2 is 2.06 bits per heavy atom. The van der Waals surface area contributed by atoms with Crippen LogP contribution in [0.3, 0.4) is 0 Å². The van der Waals surface area contributed by atoms with Gasteiger partial charge in [-0.15, -0.1) is 0 Å². The molecule has 18 heavy (non-hydrogen) atoms. The lowest BCUT2D eigenvalue weighted by Crippen LogP contribution is -2.41. The molecule has 0 aromatic carbocycles. The van der Waals surface area contributed by atoms with E-state index < -0.39 is 0 Å². The van der Waals surface area contributed by atoms with E-state index in [0.717, 1.165) is 50.5 Å². The zero-order chi connectivity index (χ0) is 12.4. The van der Waals surface area contributed by atoms with Crippen molar-refractivity contribution in [1.29, 1.82) is 0 Å². The fourth-order valence-electron chi connectivity index (χ4n) is 2.76. The molecule has 5 heteroatoms. The minimum absolute atomic E-state index is 0.266. The first kappa shape index (κ1) is 12.1. The molecule has 1 aliphatic heterocycles. The molecule has 1 aromatic heterocycles. The topological polar surface area (TPSA) is 56.5 Å². The van der Waals surface area contributed by atoms with E-state index in [1.165, 1.54) is 0 Å². The molecule has 1 aromatic rings. The number of hydrogen-bond donors (Lipinski definition) is 1. The predicted octanol–water partition coefficient (Wildman–Crippen LogP) is 1.76. The molecule has 1 N–H and O–H groups in total. The summed E-state index contributed by atoms with van der Waals surface area (Å²) in [5.41, 5.74) is 0. The molecule has 1 saturated carbocycles. The summed E-state index contributed by atoms with van der Waals surface area (Å²) in [5, 5.41) is 3.49. The van der Waals surface area contributed by atoms with Crippen molar-refractivity contribution in [2.45, 2.75) is 51.0 Å². The van der Waals surface area contributed by atoms with E-state index in [0.29, 0.717) is 12.6 Å². The Bertz CT molecular complexity index is 389. The van der Waals surface area contributed by atoms with Crippen molar-refractivity contribution >= 4 is 0 Å². The zero-order valence-corrected chi connectivity index (χ0v) is 10.8. The van der Waals surface area contributed by atoms with Gasteiger partial charge in [-0.1, -0.05) is 0 Å². The minimum Gasteiger partial charge on any atom is -0.445 e. The van der Waals surface area contributed by atoms with Gasteiger partial charge in [-0.3, -0.25) is 0 Å². The number of ether oxygens (including phenoxy) is 2. The highest BCUT2D eigenvalue weighted by Gasteiger charge is 2.40. The van der Waals surface area contributed by atoms with Crippen LogP contribution < -0.4 is 5.32 Å². The highest BCUT2D eigenvalue weighted by atomic mass is 16.7. The molecular weight excluding hydrogens is 232 g/mol. The summed E-state index contributed by atoms with van der Waals surface area (Å²) in [6.07, 6.45) is 5.89. The smallest absolute Gasteiger partial charge is 0.208 e. The van der Waals surface area contributed by atoms with Crippen molar-refractivity contribution in [3.8, 4) is 0 Å². The summed E-state index contributed by atoms with van der Waals surface area (Å²) >= 11 is 0. The lowest BCUT2D eigenvalue weighted by Gasteiger charge is -2.35. The average molecular weight is 252 g/mol. The van der Waals surface area contributed by atoms with Crippen LogP contribution in [0.2, 0.25) is 0 Å². The maximum atomic E-state index is 5.71. The third-order valence-corrected chi connectivity index (χ3v) is 3.77.